The fourth-order valence-electron chi connectivity index (χ4n) is 0.804. The Hall–Kier alpha value is -0.460. The molecule has 1 saturated carbocycles. The minimum Gasteiger partial charge on any atom is -0.496 e. The molecule has 0 unspecified atom stereocenters. The summed E-state index contributed by atoms with van der Waals surface area (Å²) in [4.78, 5) is 0. The molecular weight excluding hydrogens is 112 g/mol. The first-order valence-electron chi connectivity index (χ1n) is 3.55. The maximum atomic E-state index is 5.38. The van der Waals surface area contributed by atoms with Gasteiger partial charge in [-0.3, -0.25) is 0 Å². The molecule has 1 nitrogen and oxygen atoms in total. The summed E-state index contributed by atoms with van der Waals surface area (Å²) in [7, 11) is 0. The van der Waals surface area contributed by atoms with Gasteiger partial charge in [0.25, 0.3) is 0 Å². The molecular formula is C8H14O. The fraction of sp³-hybridized carbons (Fsp3) is 0.750. The zero-order chi connectivity index (χ0) is 6.85. The number of hydrogen-bond donors (Lipinski definition) is 0. The number of hydrogen-bond acceptors (Lipinski definition) is 1. The van der Waals surface area contributed by atoms with Gasteiger partial charge >= 0.3 is 0 Å². The molecule has 52 valence electrons. The largest absolute Gasteiger partial charge is 0.496 e. The summed E-state index contributed by atoms with van der Waals surface area (Å²) in [6, 6.07) is 0. The predicted molar refractivity (Wildman–Crippen MR) is 38.1 cm³/mol. The number of ether oxygens (including phenoxy) is 1. The lowest BCUT2D eigenvalue weighted by Gasteiger charge is -2.10. The predicted octanol–water partition coefficient (Wildman–Crippen LogP) is 2.34. The van der Waals surface area contributed by atoms with Crippen LogP contribution in [0.3, 0.4) is 0 Å². The van der Waals surface area contributed by atoms with Crippen molar-refractivity contribution in [3.8, 4) is 0 Å². The maximum absolute atomic E-state index is 5.38. The maximum Gasteiger partial charge on any atom is 0.0926 e. The Balaban J connectivity index is 2.18. The standard InChI is InChI=1S/C8H14O/c1-6(2)9-7(3)8-4-5-8/h6,8H,3-5H2,1-2H3. The third-order valence-corrected chi connectivity index (χ3v) is 1.42. The second-order valence-corrected chi connectivity index (χ2v) is 2.91. The van der Waals surface area contributed by atoms with E-state index in [1.165, 1.54) is 12.8 Å². The van der Waals surface area contributed by atoms with E-state index in [-0.39, 0.29) is 0 Å². The topological polar surface area (TPSA) is 9.23 Å². The van der Waals surface area contributed by atoms with Gasteiger partial charge in [0.15, 0.2) is 0 Å². The number of rotatable bonds is 3. The molecule has 1 aliphatic rings. The number of allylic oxidation sites excluding steroid dienone is 1. The Morgan fingerprint density at radius 1 is 1.56 bits per heavy atom. The molecule has 0 aromatic heterocycles. The van der Waals surface area contributed by atoms with Crippen molar-refractivity contribution in [3.63, 3.8) is 0 Å². The Kier molecular flexibility index (Phi) is 1.79. The Labute approximate surface area is 56.7 Å². The summed E-state index contributed by atoms with van der Waals surface area (Å²) in [5, 5.41) is 0. The SMILES string of the molecule is C=C(OC(C)C)C1CC1. The minimum atomic E-state index is 0.304. The van der Waals surface area contributed by atoms with Crippen molar-refractivity contribution < 1.29 is 4.74 Å². The first kappa shape index (κ1) is 6.66. The molecule has 0 heterocycles. The van der Waals surface area contributed by atoms with Gasteiger partial charge in [0, 0.05) is 5.92 Å². The highest BCUT2D eigenvalue weighted by atomic mass is 16.5. The van der Waals surface area contributed by atoms with E-state index in [0.29, 0.717) is 12.0 Å². The van der Waals surface area contributed by atoms with Crippen LogP contribution in [0, 0.1) is 5.92 Å². The van der Waals surface area contributed by atoms with E-state index in [1.807, 2.05) is 13.8 Å². The van der Waals surface area contributed by atoms with Crippen molar-refractivity contribution in [1.29, 1.82) is 0 Å². The quantitative estimate of drug-likeness (QED) is 0.527. The lowest BCUT2D eigenvalue weighted by Crippen LogP contribution is -2.02. The van der Waals surface area contributed by atoms with Crippen LogP contribution in [0.4, 0.5) is 0 Å². The van der Waals surface area contributed by atoms with Gasteiger partial charge in [0.2, 0.25) is 0 Å². The van der Waals surface area contributed by atoms with Crippen LogP contribution < -0.4 is 0 Å². The second-order valence-electron chi connectivity index (χ2n) is 2.91. The molecule has 0 bridgehead atoms. The average molecular weight is 126 g/mol. The van der Waals surface area contributed by atoms with Crippen molar-refractivity contribution in [2.24, 2.45) is 5.92 Å². The van der Waals surface area contributed by atoms with Gasteiger partial charge in [-0.1, -0.05) is 6.58 Å². The van der Waals surface area contributed by atoms with Crippen molar-refractivity contribution in [3.05, 3.63) is 12.3 Å². The van der Waals surface area contributed by atoms with E-state index in [0.717, 1.165) is 5.76 Å². The second kappa shape index (κ2) is 2.42. The van der Waals surface area contributed by atoms with E-state index in [9.17, 15) is 0 Å². The van der Waals surface area contributed by atoms with Crippen molar-refractivity contribution >= 4 is 0 Å². The van der Waals surface area contributed by atoms with E-state index in [1.54, 1.807) is 0 Å². The molecule has 1 heteroatoms. The van der Waals surface area contributed by atoms with Gasteiger partial charge in [-0.15, -0.1) is 0 Å². The molecule has 0 radical (unpaired) electrons. The van der Waals surface area contributed by atoms with Crippen LogP contribution in [-0.2, 0) is 4.74 Å². The Morgan fingerprint density at radius 2 is 2.11 bits per heavy atom. The van der Waals surface area contributed by atoms with Gasteiger partial charge in [0.05, 0.1) is 11.9 Å². The molecule has 0 aliphatic heterocycles. The van der Waals surface area contributed by atoms with Crippen LogP contribution in [0.15, 0.2) is 12.3 Å². The van der Waals surface area contributed by atoms with Crippen molar-refractivity contribution in [2.45, 2.75) is 32.8 Å². The minimum absolute atomic E-state index is 0.304. The molecule has 0 aromatic carbocycles. The van der Waals surface area contributed by atoms with Crippen LogP contribution in [0.2, 0.25) is 0 Å². The highest BCUT2D eigenvalue weighted by Crippen LogP contribution is 2.36. The molecule has 0 saturated heterocycles. The molecule has 1 rings (SSSR count). The van der Waals surface area contributed by atoms with Gasteiger partial charge < -0.3 is 4.74 Å². The summed E-state index contributed by atoms with van der Waals surface area (Å²) >= 11 is 0. The molecule has 0 aromatic rings. The van der Waals surface area contributed by atoms with Crippen molar-refractivity contribution in [1.82, 2.24) is 0 Å². The lowest BCUT2D eigenvalue weighted by molar-refractivity contribution is 0.136. The van der Waals surface area contributed by atoms with Gasteiger partial charge in [-0.25, -0.2) is 0 Å². The molecule has 9 heavy (non-hydrogen) atoms. The third-order valence-electron chi connectivity index (χ3n) is 1.42. The Bertz CT molecular complexity index is 112. The van der Waals surface area contributed by atoms with E-state index in [2.05, 4.69) is 6.58 Å². The Morgan fingerprint density at radius 3 is 2.44 bits per heavy atom. The molecule has 0 spiro atoms. The van der Waals surface area contributed by atoms with Crippen LogP contribution in [0.25, 0.3) is 0 Å². The van der Waals surface area contributed by atoms with E-state index in [4.69, 9.17) is 4.74 Å². The molecule has 1 aliphatic carbocycles. The molecule has 0 amide bonds. The zero-order valence-corrected chi connectivity index (χ0v) is 6.18. The van der Waals surface area contributed by atoms with Crippen molar-refractivity contribution in [2.75, 3.05) is 0 Å². The summed E-state index contributed by atoms with van der Waals surface area (Å²) in [5.74, 6) is 1.68. The molecule has 0 N–H and O–H groups in total. The third kappa shape index (κ3) is 2.08. The smallest absolute Gasteiger partial charge is 0.0926 e. The first-order chi connectivity index (χ1) is 4.20. The monoisotopic (exact) mass is 126 g/mol. The lowest BCUT2D eigenvalue weighted by atomic mass is 10.3. The summed E-state index contributed by atoms with van der Waals surface area (Å²) < 4.78 is 5.38. The van der Waals surface area contributed by atoms with Crippen LogP contribution in [-0.4, -0.2) is 6.10 Å². The van der Waals surface area contributed by atoms with Gasteiger partial charge in [0.1, 0.15) is 0 Å². The highest BCUT2D eigenvalue weighted by molar-refractivity contribution is 4.99. The first-order valence-corrected chi connectivity index (χ1v) is 3.55. The zero-order valence-electron chi connectivity index (χ0n) is 6.18. The fourth-order valence-corrected chi connectivity index (χ4v) is 0.804. The van der Waals surface area contributed by atoms with Crippen LogP contribution in [0.1, 0.15) is 26.7 Å². The van der Waals surface area contributed by atoms with Gasteiger partial charge in [-0.05, 0) is 26.7 Å². The summed E-state index contributed by atoms with van der Waals surface area (Å²) in [6.07, 6.45) is 2.87. The summed E-state index contributed by atoms with van der Waals surface area (Å²) in [6.45, 7) is 7.91. The molecule has 0 atom stereocenters. The van der Waals surface area contributed by atoms with Gasteiger partial charge in [-0.2, -0.15) is 0 Å². The molecule has 1 fully saturated rings. The highest BCUT2D eigenvalue weighted by Gasteiger charge is 2.26. The summed E-state index contributed by atoms with van der Waals surface area (Å²) in [5.41, 5.74) is 0. The van der Waals surface area contributed by atoms with E-state index < -0.39 is 0 Å². The van der Waals surface area contributed by atoms with E-state index >= 15 is 0 Å². The average Bonchev–Trinajstić information content (AvgIpc) is 2.40. The van der Waals surface area contributed by atoms with Crippen LogP contribution in [0.5, 0.6) is 0 Å². The van der Waals surface area contributed by atoms with Crippen LogP contribution >= 0.6 is 0 Å². The normalized spacial score (nSPS) is 18.1.